The molecule has 0 amide bonds. The SMILES string of the molecule is Cn1ncc(N2CCC(Oc3ccc(F)cc3F)CC2)c(Br)c1=O. The third-order valence-electron chi connectivity index (χ3n) is 4.03. The minimum Gasteiger partial charge on any atom is -0.487 e. The molecule has 1 fully saturated rings. The molecule has 8 heteroatoms. The van der Waals surface area contributed by atoms with Crippen molar-refractivity contribution >= 4 is 21.6 Å². The Morgan fingerprint density at radius 2 is 2.00 bits per heavy atom. The van der Waals surface area contributed by atoms with Crippen molar-refractivity contribution in [1.82, 2.24) is 9.78 Å². The van der Waals surface area contributed by atoms with Gasteiger partial charge in [-0.25, -0.2) is 13.5 Å². The molecule has 2 aromatic rings. The number of hydrogen-bond donors (Lipinski definition) is 0. The molecule has 2 heterocycles. The van der Waals surface area contributed by atoms with E-state index in [2.05, 4.69) is 21.0 Å². The van der Waals surface area contributed by atoms with Crippen molar-refractivity contribution in [2.45, 2.75) is 18.9 Å². The van der Waals surface area contributed by atoms with E-state index in [1.165, 1.54) is 16.8 Å². The second-order valence-corrected chi connectivity index (χ2v) is 6.44. The normalized spacial score (nSPS) is 15.6. The van der Waals surface area contributed by atoms with Crippen LogP contribution in [0.4, 0.5) is 14.5 Å². The molecule has 5 nitrogen and oxygen atoms in total. The van der Waals surface area contributed by atoms with Crippen LogP contribution in [0.15, 0.2) is 33.7 Å². The van der Waals surface area contributed by atoms with E-state index in [-0.39, 0.29) is 17.4 Å². The second-order valence-electron chi connectivity index (χ2n) is 5.65. The minimum absolute atomic E-state index is 0.0614. The summed E-state index contributed by atoms with van der Waals surface area (Å²) in [6.45, 7) is 1.31. The van der Waals surface area contributed by atoms with Crippen molar-refractivity contribution in [2.24, 2.45) is 7.05 Å². The molecule has 0 radical (unpaired) electrons. The number of aryl methyl sites for hydroxylation is 1. The van der Waals surface area contributed by atoms with Crippen LogP contribution in [0.5, 0.6) is 5.75 Å². The van der Waals surface area contributed by atoms with E-state index in [9.17, 15) is 13.6 Å². The maximum Gasteiger partial charge on any atom is 0.282 e. The molecule has 1 saturated heterocycles. The van der Waals surface area contributed by atoms with Crippen molar-refractivity contribution in [2.75, 3.05) is 18.0 Å². The van der Waals surface area contributed by atoms with E-state index < -0.39 is 11.6 Å². The summed E-state index contributed by atoms with van der Waals surface area (Å²) in [6.07, 6.45) is 2.82. The van der Waals surface area contributed by atoms with Gasteiger partial charge in [-0.2, -0.15) is 5.10 Å². The van der Waals surface area contributed by atoms with Crippen molar-refractivity contribution in [3.63, 3.8) is 0 Å². The highest BCUT2D eigenvalue weighted by Crippen LogP contribution is 2.27. The van der Waals surface area contributed by atoms with Gasteiger partial charge in [-0.3, -0.25) is 4.79 Å². The second kappa shape index (κ2) is 6.88. The zero-order valence-corrected chi connectivity index (χ0v) is 14.6. The van der Waals surface area contributed by atoms with Gasteiger partial charge in [-0.05, 0) is 28.1 Å². The number of hydrogen-bond acceptors (Lipinski definition) is 4. The van der Waals surface area contributed by atoms with Crippen molar-refractivity contribution < 1.29 is 13.5 Å². The average Bonchev–Trinajstić information content (AvgIpc) is 2.56. The van der Waals surface area contributed by atoms with E-state index >= 15 is 0 Å². The first kappa shape index (κ1) is 16.9. The molecule has 0 saturated carbocycles. The van der Waals surface area contributed by atoms with Crippen LogP contribution in [0.25, 0.3) is 0 Å². The number of halogens is 3. The topological polar surface area (TPSA) is 47.4 Å². The van der Waals surface area contributed by atoms with Gasteiger partial charge in [-0.1, -0.05) is 0 Å². The van der Waals surface area contributed by atoms with Gasteiger partial charge < -0.3 is 9.64 Å². The Kier molecular flexibility index (Phi) is 4.84. The van der Waals surface area contributed by atoms with Crippen LogP contribution in [-0.4, -0.2) is 29.0 Å². The number of rotatable bonds is 3. The van der Waals surface area contributed by atoms with Crippen LogP contribution in [0.1, 0.15) is 12.8 Å². The lowest BCUT2D eigenvalue weighted by Gasteiger charge is -2.33. The van der Waals surface area contributed by atoms with E-state index in [0.717, 1.165) is 11.8 Å². The van der Waals surface area contributed by atoms with Gasteiger partial charge in [0.05, 0.1) is 11.9 Å². The molecule has 1 aliphatic rings. The van der Waals surface area contributed by atoms with E-state index in [1.54, 1.807) is 13.2 Å². The minimum atomic E-state index is -0.698. The highest BCUT2D eigenvalue weighted by Gasteiger charge is 2.24. The average molecular weight is 400 g/mol. The van der Waals surface area contributed by atoms with Crippen LogP contribution < -0.4 is 15.2 Å². The molecule has 24 heavy (non-hydrogen) atoms. The van der Waals surface area contributed by atoms with Crippen LogP contribution >= 0.6 is 15.9 Å². The fraction of sp³-hybridized carbons (Fsp3) is 0.375. The van der Waals surface area contributed by atoms with Gasteiger partial charge in [0.2, 0.25) is 0 Å². The van der Waals surface area contributed by atoms with Gasteiger partial charge in [-0.15, -0.1) is 0 Å². The smallest absolute Gasteiger partial charge is 0.282 e. The van der Waals surface area contributed by atoms with Crippen LogP contribution in [-0.2, 0) is 7.05 Å². The zero-order valence-electron chi connectivity index (χ0n) is 13.0. The number of benzene rings is 1. The number of piperidine rings is 1. The molecule has 1 aliphatic heterocycles. The number of aromatic nitrogens is 2. The van der Waals surface area contributed by atoms with Gasteiger partial charge in [0.1, 0.15) is 16.4 Å². The fourth-order valence-corrected chi connectivity index (χ4v) is 3.30. The summed E-state index contributed by atoms with van der Waals surface area (Å²) < 4.78 is 34.0. The molecule has 0 aliphatic carbocycles. The van der Waals surface area contributed by atoms with Gasteiger partial charge in [0, 0.05) is 39.0 Å². The molecule has 1 aromatic carbocycles. The molecule has 0 unspecified atom stereocenters. The van der Waals surface area contributed by atoms with E-state index in [0.29, 0.717) is 30.4 Å². The Morgan fingerprint density at radius 3 is 2.67 bits per heavy atom. The van der Waals surface area contributed by atoms with Crippen LogP contribution in [0, 0.1) is 11.6 Å². The lowest BCUT2D eigenvalue weighted by molar-refractivity contribution is 0.163. The summed E-state index contributed by atoms with van der Waals surface area (Å²) in [4.78, 5) is 14.0. The molecule has 0 N–H and O–H groups in total. The number of ether oxygens (including phenoxy) is 1. The summed E-state index contributed by atoms with van der Waals surface area (Å²) in [7, 11) is 1.59. The quantitative estimate of drug-likeness (QED) is 0.795. The lowest BCUT2D eigenvalue weighted by atomic mass is 10.1. The first-order chi connectivity index (χ1) is 11.5. The fourth-order valence-electron chi connectivity index (χ4n) is 2.69. The molecule has 0 atom stereocenters. The van der Waals surface area contributed by atoms with Crippen molar-refractivity contribution in [3.8, 4) is 5.75 Å². The van der Waals surface area contributed by atoms with Gasteiger partial charge in [0.15, 0.2) is 11.6 Å². The number of nitrogens with zero attached hydrogens (tertiary/aromatic N) is 3. The summed E-state index contributed by atoms with van der Waals surface area (Å²) in [5.74, 6) is -1.26. The zero-order chi connectivity index (χ0) is 17.3. The van der Waals surface area contributed by atoms with E-state index in [4.69, 9.17) is 4.74 Å². The Balaban J connectivity index is 1.66. The Hall–Kier alpha value is -1.96. The highest BCUT2D eigenvalue weighted by molar-refractivity contribution is 9.10. The molecule has 0 bridgehead atoms. The highest BCUT2D eigenvalue weighted by atomic mass is 79.9. The molecule has 0 spiro atoms. The third kappa shape index (κ3) is 3.43. The molecular weight excluding hydrogens is 384 g/mol. The summed E-state index contributed by atoms with van der Waals surface area (Å²) >= 11 is 3.32. The lowest BCUT2D eigenvalue weighted by Crippen LogP contribution is -2.39. The van der Waals surface area contributed by atoms with Crippen LogP contribution in [0.3, 0.4) is 0 Å². The molecular formula is C16H16BrF2N3O2. The largest absolute Gasteiger partial charge is 0.487 e. The van der Waals surface area contributed by atoms with Gasteiger partial charge >= 0.3 is 0 Å². The maximum atomic E-state index is 13.7. The first-order valence-electron chi connectivity index (χ1n) is 7.54. The Labute approximate surface area is 146 Å². The molecule has 128 valence electrons. The monoisotopic (exact) mass is 399 g/mol. The first-order valence-corrected chi connectivity index (χ1v) is 8.33. The predicted molar refractivity (Wildman–Crippen MR) is 89.4 cm³/mol. The Morgan fingerprint density at radius 1 is 1.29 bits per heavy atom. The molecule has 1 aromatic heterocycles. The van der Waals surface area contributed by atoms with Crippen molar-refractivity contribution in [1.29, 1.82) is 0 Å². The summed E-state index contributed by atoms with van der Waals surface area (Å²) in [5, 5.41) is 4.04. The number of anilines is 1. The van der Waals surface area contributed by atoms with E-state index in [1.807, 2.05) is 4.90 Å². The van der Waals surface area contributed by atoms with Crippen molar-refractivity contribution in [3.05, 3.63) is 50.9 Å². The maximum absolute atomic E-state index is 13.7. The summed E-state index contributed by atoms with van der Waals surface area (Å²) in [6, 6.07) is 3.29. The third-order valence-corrected chi connectivity index (χ3v) is 4.78. The van der Waals surface area contributed by atoms with Crippen LogP contribution in [0.2, 0.25) is 0 Å². The summed E-state index contributed by atoms with van der Waals surface area (Å²) in [5.41, 5.74) is 0.545. The predicted octanol–water partition coefficient (Wildman–Crippen LogP) is 2.87. The van der Waals surface area contributed by atoms with Gasteiger partial charge in [0.25, 0.3) is 5.56 Å². The standard InChI is InChI=1S/C16H16BrF2N3O2/c1-21-16(23)15(17)13(9-20-21)22-6-4-11(5-7-22)24-14-3-2-10(18)8-12(14)19/h2-3,8-9,11H,4-7H2,1H3. The molecule has 3 rings (SSSR count). The Bertz CT molecular complexity index is 804.